The number of halogens is 4. The molecule has 1 heterocycles. The van der Waals surface area contributed by atoms with E-state index in [1.807, 2.05) is 0 Å². The van der Waals surface area contributed by atoms with Crippen molar-refractivity contribution < 1.29 is 31.1 Å². The smallest absolute Gasteiger partial charge is 0.406 e. The molecule has 1 aromatic carbocycles. The fourth-order valence-corrected chi connectivity index (χ4v) is 4.80. The fourth-order valence-electron chi connectivity index (χ4n) is 2.71. The molecule has 1 amide bonds. The van der Waals surface area contributed by atoms with Crippen molar-refractivity contribution in [1.82, 2.24) is 9.62 Å². The molecule has 27 heavy (non-hydrogen) atoms. The first-order valence-electron chi connectivity index (χ1n) is 7.98. The zero-order valence-corrected chi connectivity index (χ0v) is 16.5. The number of piperidine rings is 1. The lowest BCUT2D eigenvalue weighted by atomic mass is 9.97. The van der Waals surface area contributed by atoms with Gasteiger partial charge in [-0.05, 0) is 25.0 Å². The van der Waals surface area contributed by atoms with Gasteiger partial charge in [-0.25, -0.2) is 8.42 Å². The molecular weight excluding hydrogens is 429 g/mol. The molecule has 0 saturated carbocycles. The zero-order valence-electron chi connectivity index (χ0n) is 14.0. The number of hydrogen-bond donors (Lipinski definition) is 2. The minimum atomic E-state index is -4.90. The highest BCUT2D eigenvalue weighted by Gasteiger charge is 2.34. The molecule has 6 nitrogen and oxygen atoms in total. The minimum absolute atomic E-state index is 0.110. The summed E-state index contributed by atoms with van der Waals surface area (Å²) in [4.78, 5) is 11.6. The van der Waals surface area contributed by atoms with Crippen LogP contribution >= 0.6 is 24.2 Å². The highest BCUT2D eigenvalue weighted by atomic mass is 35.5. The van der Waals surface area contributed by atoms with Crippen LogP contribution in [0.3, 0.4) is 0 Å². The molecule has 1 aliphatic rings. The molecule has 0 bridgehead atoms. The number of carbonyl (C=O) groups excluding carboxylic acids is 1. The molecule has 1 fully saturated rings. The lowest BCUT2D eigenvalue weighted by Crippen LogP contribution is -2.43. The number of nitrogens with one attached hydrogen (secondary N) is 1. The summed E-state index contributed by atoms with van der Waals surface area (Å²) in [5, 5.41) is 2.34. The van der Waals surface area contributed by atoms with Crippen molar-refractivity contribution in [1.29, 1.82) is 0 Å². The summed E-state index contributed by atoms with van der Waals surface area (Å²) in [6.45, 7) is 0.652. The molecule has 152 valence electrons. The molecule has 0 radical (unpaired) electrons. The van der Waals surface area contributed by atoms with Gasteiger partial charge in [0.2, 0.25) is 15.9 Å². The number of benzene rings is 1. The first kappa shape index (κ1) is 22.1. The van der Waals surface area contributed by atoms with Crippen LogP contribution in [0.2, 0.25) is 5.02 Å². The number of alkyl halides is 3. The Morgan fingerprint density at radius 1 is 1.33 bits per heavy atom. The van der Waals surface area contributed by atoms with Crippen molar-refractivity contribution in [2.45, 2.75) is 24.1 Å². The van der Waals surface area contributed by atoms with E-state index in [2.05, 4.69) is 22.7 Å². The normalized spacial score (nSPS) is 16.9. The number of carbonyl (C=O) groups is 1. The summed E-state index contributed by atoms with van der Waals surface area (Å²) < 4.78 is 67.1. The SMILES string of the molecule is O=C(NCCS)C1CCN(S(=O)(=O)c2ccc(OC(F)(F)F)cc2Cl)CC1. The predicted octanol–water partition coefficient (Wildman–Crippen LogP) is 2.69. The number of amides is 1. The summed E-state index contributed by atoms with van der Waals surface area (Å²) in [6, 6.07) is 2.67. The summed E-state index contributed by atoms with van der Waals surface area (Å²) in [5.74, 6) is -0.543. The number of sulfonamides is 1. The molecule has 0 aromatic heterocycles. The van der Waals surface area contributed by atoms with E-state index >= 15 is 0 Å². The Kier molecular flexibility index (Phi) is 7.28. The maximum absolute atomic E-state index is 12.7. The van der Waals surface area contributed by atoms with Crippen LogP contribution in [0.15, 0.2) is 23.1 Å². The maximum Gasteiger partial charge on any atom is 0.573 e. The number of thiol groups is 1. The summed E-state index contributed by atoms with van der Waals surface area (Å²) in [7, 11) is -4.00. The quantitative estimate of drug-likeness (QED) is 0.659. The van der Waals surface area contributed by atoms with E-state index in [1.54, 1.807) is 0 Å². The summed E-state index contributed by atoms with van der Waals surface area (Å²) >= 11 is 9.88. The Labute approximate surface area is 165 Å². The second kappa shape index (κ2) is 8.89. The highest BCUT2D eigenvalue weighted by molar-refractivity contribution is 7.89. The van der Waals surface area contributed by atoms with Gasteiger partial charge < -0.3 is 10.1 Å². The van der Waals surface area contributed by atoms with Gasteiger partial charge in [0, 0.05) is 37.4 Å². The van der Waals surface area contributed by atoms with Crippen LogP contribution in [-0.2, 0) is 14.8 Å². The topological polar surface area (TPSA) is 75.7 Å². The van der Waals surface area contributed by atoms with Crippen molar-refractivity contribution in [3.63, 3.8) is 0 Å². The van der Waals surface area contributed by atoms with E-state index < -0.39 is 22.1 Å². The maximum atomic E-state index is 12.7. The third-order valence-corrected chi connectivity index (χ3v) is 6.60. The van der Waals surface area contributed by atoms with Gasteiger partial charge in [0.15, 0.2) is 0 Å². The van der Waals surface area contributed by atoms with Crippen LogP contribution in [0.5, 0.6) is 5.75 Å². The Morgan fingerprint density at radius 2 is 1.96 bits per heavy atom. The predicted molar refractivity (Wildman–Crippen MR) is 96.5 cm³/mol. The lowest BCUT2D eigenvalue weighted by molar-refractivity contribution is -0.274. The van der Waals surface area contributed by atoms with Crippen LogP contribution in [0.25, 0.3) is 0 Å². The second-order valence-electron chi connectivity index (χ2n) is 5.83. The first-order chi connectivity index (χ1) is 12.5. The number of nitrogens with zero attached hydrogens (tertiary/aromatic N) is 1. The van der Waals surface area contributed by atoms with Gasteiger partial charge in [0.05, 0.1) is 5.02 Å². The molecule has 2 rings (SSSR count). The third-order valence-electron chi connectivity index (χ3n) is 3.99. The third kappa shape index (κ3) is 5.90. The Hall–Kier alpha value is -1.17. The molecule has 1 saturated heterocycles. The van der Waals surface area contributed by atoms with E-state index in [9.17, 15) is 26.4 Å². The first-order valence-corrected chi connectivity index (χ1v) is 10.4. The molecule has 0 unspecified atom stereocenters. The largest absolute Gasteiger partial charge is 0.573 e. The van der Waals surface area contributed by atoms with Crippen molar-refractivity contribution in [2.24, 2.45) is 5.92 Å². The Bertz CT molecular complexity index is 782. The molecule has 1 aromatic rings. The van der Waals surface area contributed by atoms with Gasteiger partial charge in [-0.2, -0.15) is 16.9 Å². The number of rotatable bonds is 6. The van der Waals surface area contributed by atoms with Crippen molar-refractivity contribution in [3.05, 3.63) is 23.2 Å². The van der Waals surface area contributed by atoms with E-state index in [0.717, 1.165) is 18.2 Å². The van der Waals surface area contributed by atoms with Crippen LogP contribution in [-0.4, -0.2) is 50.4 Å². The van der Waals surface area contributed by atoms with Gasteiger partial charge in [-0.3, -0.25) is 4.79 Å². The van der Waals surface area contributed by atoms with E-state index in [1.165, 1.54) is 4.31 Å². The Morgan fingerprint density at radius 3 is 2.48 bits per heavy atom. The molecule has 1 N–H and O–H groups in total. The molecular formula is C15H18ClF3N2O4S2. The lowest BCUT2D eigenvalue weighted by Gasteiger charge is -2.30. The van der Waals surface area contributed by atoms with Gasteiger partial charge in [0.1, 0.15) is 10.6 Å². The monoisotopic (exact) mass is 446 g/mol. The average Bonchev–Trinajstić information content (AvgIpc) is 2.58. The second-order valence-corrected chi connectivity index (χ2v) is 8.59. The van der Waals surface area contributed by atoms with Crippen LogP contribution in [0.1, 0.15) is 12.8 Å². The van der Waals surface area contributed by atoms with Crippen molar-refractivity contribution >= 4 is 40.2 Å². The molecule has 1 aliphatic heterocycles. The molecule has 0 spiro atoms. The summed E-state index contributed by atoms with van der Waals surface area (Å²) in [5.41, 5.74) is 0. The fraction of sp³-hybridized carbons (Fsp3) is 0.533. The molecule has 0 aliphatic carbocycles. The van der Waals surface area contributed by atoms with Crippen LogP contribution in [0.4, 0.5) is 13.2 Å². The zero-order chi connectivity index (χ0) is 20.2. The highest BCUT2D eigenvalue weighted by Crippen LogP contribution is 2.32. The Balaban J connectivity index is 2.08. The van der Waals surface area contributed by atoms with Crippen LogP contribution in [0, 0.1) is 5.92 Å². The van der Waals surface area contributed by atoms with E-state index in [4.69, 9.17) is 11.6 Å². The standard InChI is InChI=1S/C15H18ClF3N2O4S2/c16-12-9-11(25-15(17,18)19)1-2-13(12)27(23,24)21-6-3-10(4-7-21)14(22)20-5-8-26/h1-2,9-10,26H,3-8H2,(H,20,22). The number of hydrogen-bond acceptors (Lipinski definition) is 5. The number of ether oxygens (including phenoxy) is 1. The van der Waals surface area contributed by atoms with Gasteiger partial charge in [-0.1, -0.05) is 11.6 Å². The van der Waals surface area contributed by atoms with Crippen molar-refractivity contribution in [2.75, 3.05) is 25.4 Å². The van der Waals surface area contributed by atoms with E-state index in [-0.39, 0.29) is 34.8 Å². The average molecular weight is 447 g/mol. The molecule has 0 atom stereocenters. The minimum Gasteiger partial charge on any atom is -0.406 e. The van der Waals surface area contributed by atoms with Gasteiger partial charge in [0.25, 0.3) is 0 Å². The molecule has 12 heteroatoms. The van der Waals surface area contributed by atoms with Crippen LogP contribution < -0.4 is 10.1 Å². The summed E-state index contributed by atoms with van der Waals surface area (Å²) in [6.07, 6.45) is -4.23. The van der Waals surface area contributed by atoms with Gasteiger partial charge >= 0.3 is 6.36 Å². The van der Waals surface area contributed by atoms with E-state index in [0.29, 0.717) is 25.1 Å². The van der Waals surface area contributed by atoms with Crippen molar-refractivity contribution in [3.8, 4) is 5.75 Å². The van der Waals surface area contributed by atoms with Gasteiger partial charge in [-0.15, -0.1) is 13.2 Å².